The average Bonchev–Trinajstić information content (AvgIpc) is 3.08. The van der Waals surface area contributed by atoms with Crippen molar-refractivity contribution in [3.8, 4) is 17.2 Å². The van der Waals surface area contributed by atoms with Gasteiger partial charge in [-0.2, -0.15) is 4.68 Å². The van der Waals surface area contributed by atoms with E-state index in [-0.39, 0.29) is 12.4 Å². The summed E-state index contributed by atoms with van der Waals surface area (Å²) in [5.74, 6) is 0.855. The maximum atomic E-state index is 10.8. The normalized spacial score (nSPS) is 10.6. The van der Waals surface area contributed by atoms with Gasteiger partial charge in [0.05, 0.1) is 5.69 Å². The maximum Gasteiger partial charge on any atom is 0.255 e. The molecule has 3 aromatic rings. The number of benzene rings is 2. The highest BCUT2D eigenvalue weighted by atomic mass is 32.2. The second kappa shape index (κ2) is 7.67. The number of hydrogen-bond donors (Lipinski definition) is 2. The van der Waals surface area contributed by atoms with E-state index in [1.54, 1.807) is 35.0 Å². The molecule has 1 amide bonds. The lowest BCUT2D eigenvalue weighted by atomic mass is 10.2. The Kier molecular flexibility index (Phi) is 5.14. The van der Waals surface area contributed by atoms with E-state index >= 15 is 0 Å². The molecule has 1 heterocycles. The molecule has 0 saturated carbocycles. The smallest absolute Gasteiger partial charge is 0.255 e. The highest BCUT2D eigenvalue weighted by Crippen LogP contribution is 2.25. The first kappa shape index (κ1) is 16.8. The van der Waals surface area contributed by atoms with Gasteiger partial charge in [0.15, 0.2) is 6.61 Å². The van der Waals surface area contributed by atoms with Crippen LogP contribution in [0.25, 0.3) is 5.69 Å². The second-order valence-electron chi connectivity index (χ2n) is 5.08. The minimum absolute atomic E-state index is 0.157. The van der Waals surface area contributed by atoms with Crippen LogP contribution in [0.15, 0.2) is 53.7 Å². The molecule has 0 atom stereocenters. The average molecular weight is 357 g/mol. The third-order valence-electron chi connectivity index (χ3n) is 3.18. The van der Waals surface area contributed by atoms with E-state index in [0.717, 1.165) is 11.3 Å². The molecule has 1 aromatic heterocycles. The van der Waals surface area contributed by atoms with Crippen molar-refractivity contribution < 1.29 is 14.6 Å². The molecule has 0 saturated heterocycles. The number of phenols is 1. The molecular formula is C16H15N5O3S. The van der Waals surface area contributed by atoms with Gasteiger partial charge >= 0.3 is 0 Å². The van der Waals surface area contributed by atoms with Crippen LogP contribution in [0.2, 0.25) is 0 Å². The Morgan fingerprint density at radius 2 is 2.04 bits per heavy atom. The van der Waals surface area contributed by atoms with Crippen LogP contribution in [0.4, 0.5) is 0 Å². The summed E-state index contributed by atoms with van der Waals surface area (Å²) in [6, 6.07) is 14.0. The van der Waals surface area contributed by atoms with Crippen LogP contribution in [0.5, 0.6) is 11.5 Å². The van der Waals surface area contributed by atoms with Crippen molar-refractivity contribution in [1.82, 2.24) is 20.2 Å². The summed E-state index contributed by atoms with van der Waals surface area (Å²) in [4.78, 5) is 10.8. The number of nitrogens with two attached hydrogens (primary N) is 1. The van der Waals surface area contributed by atoms with Gasteiger partial charge in [-0.05, 0) is 52.4 Å². The van der Waals surface area contributed by atoms with Crippen LogP contribution in [-0.2, 0) is 10.5 Å². The van der Waals surface area contributed by atoms with Gasteiger partial charge < -0.3 is 15.6 Å². The molecule has 3 rings (SSSR count). The number of tetrazole rings is 1. The summed E-state index contributed by atoms with van der Waals surface area (Å²) in [6.45, 7) is -0.157. The van der Waals surface area contributed by atoms with Crippen molar-refractivity contribution in [1.29, 1.82) is 0 Å². The monoisotopic (exact) mass is 357 g/mol. The Hall–Kier alpha value is -3.07. The van der Waals surface area contributed by atoms with Gasteiger partial charge in [0.2, 0.25) is 5.16 Å². The number of aromatic nitrogens is 4. The van der Waals surface area contributed by atoms with E-state index in [2.05, 4.69) is 15.5 Å². The van der Waals surface area contributed by atoms with Crippen molar-refractivity contribution in [2.24, 2.45) is 5.73 Å². The van der Waals surface area contributed by atoms with Crippen LogP contribution in [-0.4, -0.2) is 37.8 Å². The lowest BCUT2D eigenvalue weighted by Crippen LogP contribution is -2.20. The maximum absolute atomic E-state index is 10.8. The number of hydrogen-bond acceptors (Lipinski definition) is 7. The molecular weight excluding hydrogens is 342 g/mol. The number of primary amides is 1. The van der Waals surface area contributed by atoms with Crippen molar-refractivity contribution in [2.75, 3.05) is 6.61 Å². The standard InChI is InChI=1S/C16H15N5O3S/c17-15(23)9-24-14-3-1-2-11(8-14)10-25-16-18-19-20-21(16)12-4-6-13(22)7-5-12/h1-8,22H,9-10H2,(H2,17,23). The van der Waals surface area contributed by atoms with Crippen molar-refractivity contribution in [3.05, 3.63) is 54.1 Å². The minimum Gasteiger partial charge on any atom is -0.508 e. The lowest BCUT2D eigenvalue weighted by molar-refractivity contribution is -0.119. The van der Waals surface area contributed by atoms with Crippen LogP contribution in [0.1, 0.15) is 5.56 Å². The summed E-state index contributed by atoms with van der Waals surface area (Å²) >= 11 is 1.46. The van der Waals surface area contributed by atoms with Crippen LogP contribution in [0, 0.1) is 0 Å². The molecule has 0 aliphatic carbocycles. The Bertz CT molecular complexity index is 866. The van der Waals surface area contributed by atoms with Gasteiger partial charge in [-0.1, -0.05) is 23.9 Å². The number of carbonyl (C=O) groups excluding carboxylic acids is 1. The van der Waals surface area contributed by atoms with E-state index in [1.165, 1.54) is 11.8 Å². The number of ether oxygens (including phenoxy) is 1. The summed E-state index contributed by atoms with van der Waals surface area (Å²) in [7, 11) is 0. The SMILES string of the molecule is NC(=O)COc1cccc(CSc2nnnn2-c2ccc(O)cc2)c1. The Labute approximate surface area is 147 Å². The third-order valence-corrected chi connectivity index (χ3v) is 4.17. The van der Waals surface area contributed by atoms with E-state index < -0.39 is 5.91 Å². The van der Waals surface area contributed by atoms with E-state index in [1.807, 2.05) is 18.2 Å². The molecule has 0 bridgehead atoms. The van der Waals surface area contributed by atoms with E-state index in [9.17, 15) is 9.90 Å². The summed E-state index contributed by atoms with van der Waals surface area (Å²) in [5.41, 5.74) is 6.82. The Morgan fingerprint density at radius 1 is 1.24 bits per heavy atom. The summed E-state index contributed by atoms with van der Waals surface area (Å²) < 4.78 is 6.89. The van der Waals surface area contributed by atoms with Gasteiger partial charge in [-0.15, -0.1) is 5.10 Å². The topological polar surface area (TPSA) is 116 Å². The molecule has 9 heteroatoms. The predicted molar refractivity (Wildman–Crippen MR) is 91.5 cm³/mol. The second-order valence-corrected chi connectivity index (χ2v) is 6.02. The first-order chi connectivity index (χ1) is 12.1. The fourth-order valence-corrected chi connectivity index (χ4v) is 2.89. The van der Waals surface area contributed by atoms with Crippen molar-refractivity contribution in [3.63, 3.8) is 0 Å². The lowest BCUT2D eigenvalue weighted by Gasteiger charge is -2.07. The van der Waals surface area contributed by atoms with Gasteiger partial charge in [-0.25, -0.2) is 0 Å². The zero-order chi connectivity index (χ0) is 17.6. The minimum atomic E-state index is -0.521. The van der Waals surface area contributed by atoms with Crippen LogP contribution in [0.3, 0.4) is 0 Å². The molecule has 0 aliphatic heterocycles. The fraction of sp³-hybridized carbons (Fsp3) is 0.125. The van der Waals surface area contributed by atoms with E-state index in [4.69, 9.17) is 10.5 Å². The largest absolute Gasteiger partial charge is 0.508 e. The van der Waals surface area contributed by atoms with Crippen LogP contribution < -0.4 is 10.5 Å². The fourth-order valence-electron chi connectivity index (χ4n) is 2.05. The number of carbonyl (C=O) groups is 1. The molecule has 2 aromatic carbocycles. The molecule has 8 nitrogen and oxygen atoms in total. The molecule has 0 radical (unpaired) electrons. The highest BCUT2D eigenvalue weighted by molar-refractivity contribution is 7.98. The van der Waals surface area contributed by atoms with E-state index in [0.29, 0.717) is 16.7 Å². The Balaban J connectivity index is 1.68. The first-order valence-electron chi connectivity index (χ1n) is 7.32. The van der Waals surface area contributed by atoms with Gasteiger partial charge in [0, 0.05) is 5.75 Å². The van der Waals surface area contributed by atoms with Gasteiger partial charge in [0.25, 0.3) is 5.91 Å². The number of thioether (sulfide) groups is 1. The summed E-state index contributed by atoms with van der Waals surface area (Å²) in [5, 5.41) is 21.7. The first-order valence-corrected chi connectivity index (χ1v) is 8.31. The van der Waals surface area contributed by atoms with Crippen LogP contribution >= 0.6 is 11.8 Å². The van der Waals surface area contributed by atoms with Gasteiger partial charge in [0.1, 0.15) is 11.5 Å². The zero-order valence-corrected chi connectivity index (χ0v) is 13.9. The Morgan fingerprint density at radius 3 is 2.80 bits per heavy atom. The molecule has 0 spiro atoms. The number of amides is 1. The molecule has 128 valence electrons. The molecule has 0 fully saturated rings. The number of nitrogens with zero attached hydrogens (tertiary/aromatic N) is 4. The quantitative estimate of drug-likeness (QED) is 0.616. The summed E-state index contributed by atoms with van der Waals surface area (Å²) in [6.07, 6.45) is 0. The zero-order valence-electron chi connectivity index (χ0n) is 13.1. The number of rotatable bonds is 7. The molecule has 0 aliphatic rings. The molecule has 25 heavy (non-hydrogen) atoms. The van der Waals surface area contributed by atoms with Crippen molar-refractivity contribution in [2.45, 2.75) is 10.9 Å². The van der Waals surface area contributed by atoms with Crippen molar-refractivity contribution >= 4 is 17.7 Å². The molecule has 3 N–H and O–H groups in total. The third kappa shape index (κ3) is 4.48. The number of phenolic OH excluding ortho intramolecular Hbond substituents is 1. The van der Waals surface area contributed by atoms with Gasteiger partial charge in [-0.3, -0.25) is 4.79 Å². The highest BCUT2D eigenvalue weighted by Gasteiger charge is 2.10. The predicted octanol–water partition coefficient (Wildman–Crippen LogP) is 1.52. The number of aromatic hydroxyl groups is 1. The molecule has 0 unspecified atom stereocenters.